The van der Waals surface area contributed by atoms with Gasteiger partial charge in [0, 0.05) is 0 Å². The van der Waals surface area contributed by atoms with Crippen LogP contribution >= 0.6 is 0 Å². The van der Waals surface area contributed by atoms with Gasteiger partial charge in [-0.15, -0.1) is 4.90 Å². The molecule has 0 saturated carbocycles. The van der Waals surface area contributed by atoms with E-state index >= 15 is 0 Å². The molecule has 1 aliphatic rings. The molecule has 0 aliphatic carbocycles. The van der Waals surface area contributed by atoms with Gasteiger partial charge in [0.2, 0.25) is 0 Å². The Morgan fingerprint density at radius 3 is 2.43 bits per heavy atom. The molecule has 1 aromatic carbocycles. The standard InChI is InChI=1S/C15H17N2O4/c1-4-21-12-7-5-11(6-8-12)17-14(19)13(10(2)18)9-16(3)15(17)20/h5-9,13H,4H2,1-3H3/q+1. The lowest BCUT2D eigenvalue weighted by atomic mass is 10.0. The van der Waals surface area contributed by atoms with E-state index in [1.54, 1.807) is 24.3 Å². The van der Waals surface area contributed by atoms with E-state index < -0.39 is 17.9 Å². The molecule has 1 atom stereocenters. The zero-order valence-corrected chi connectivity index (χ0v) is 12.2. The van der Waals surface area contributed by atoms with Crippen molar-refractivity contribution in [2.24, 2.45) is 5.92 Å². The average Bonchev–Trinajstić information content (AvgIpc) is 2.45. The van der Waals surface area contributed by atoms with Gasteiger partial charge in [-0.05, 0) is 38.1 Å². The Morgan fingerprint density at radius 1 is 1.29 bits per heavy atom. The minimum Gasteiger partial charge on any atom is -0.494 e. The molecule has 0 bridgehead atoms. The highest BCUT2D eigenvalue weighted by atomic mass is 16.5. The van der Waals surface area contributed by atoms with E-state index in [0.29, 0.717) is 18.0 Å². The van der Waals surface area contributed by atoms with Crippen LogP contribution in [0.15, 0.2) is 24.3 Å². The van der Waals surface area contributed by atoms with Gasteiger partial charge >= 0.3 is 11.9 Å². The Labute approximate surface area is 122 Å². The van der Waals surface area contributed by atoms with Crippen molar-refractivity contribution in [2.45, 2.75) is 13.8 Å². The van der Waals surface area contributed by atoms with E-state index in [4.69, 9.17) is 4.74 Å². The summed E-state index contributed by atoms with van der Waals surface area (Å²) in [5.41, 5.74) is 0.416. The third-order valence-electron chi connectivity index (χ3n) is 3.20. The molecular weight excluding hydrogens is 272 g/mol. The van der Waals surface area contributed by atoms with Gasteiger partial charge in [-0.25, -0.2) is 9.37 Å². The van der Waals surface area contributed by atoms with Gasteiger partial charge in [-0.2, -0.15) is 4.79 Å². The van der Waals surface area contributed by atoms with Crippen LogP contribution in [0.4, 0.5) is 10.5 Å². The number of imide groups is 1. The van der Waals surface area contributed by atoms with Gasteiger partial charge in [-0.3, -0.25) is 4.79 Å². The quantitative estimate of drug-likeness (QED) is 0.622. The predicted molar refractivity (Wildman–Crippen MR) is 76.9 cm³/mol. The van der Waals surface area contributed by atoms with Crippen LogP contribution in [0, 0.1) is 5.92 Å². The molecule has 3 amide bonds. The first kappa shape index (κ1) is 14.9. The first-order valence-corrected chi connectivity index (χ1v) is 6.64. The van der Waals surface area contributed by atoms with Gasteiger partial charge in [-0.1, -0.05) is 0 Å². The monoisotopic (exact) mass is 289 g/mol. The Bertz CT molecular complexity index is 619. The number of carbonyl (C=O) groups is 3. The molecule has 0 spiro atoms. The van der Waals surface area contributed by atoms with Crippen LogP contribution in [0.1, 0.15) is 13.8 Å². The molecular formula is C15H17N2O4+. The van der Waals surface area contributed by atoms with E-state index in [0.717, 1.165) is 4.90 Å². The second-order valence-corrected chi connectivity index (χ2v) is 4.73. The second-order valence-electron chi connectivity index (χ2n) is 4.73. The summed E-state index contributed by atoms with van der Waals surface area (Å²) in [6.45, 7) is 3.73. The van der Waals surface area contributed by atoms with Crippen molar-refractivity contribution in [2.75, 3.05) is 18.6 Å². The van der Waals surface area contributed by atoms with Gasteiger partial charge in [0.15, 0.2) is 11.7 Å². The fraction of sp³-hybridized carbons (Fsp3) is 0.333. The minimum atomic E-state index is -0.931. The van der Waals surface area contributed by atoms with Gasteiger partial charge in [0.1, 0.15) is 11.4 Å². The predicted octanol–water partition coefficient (Wildman–Crippen LogP) is 1.47. The highest BCUT2D eigenvalue weighted by Crippen LogP contribution is 2.23. The number of hydrogen-bond acceptors (Lipinski definition) is 4. The van der Waals surface area contributed by atoms with Crippen molar-refractivity contribution in [1.82, 2.24) is 0 Å². The van der Waals surface area contributed by atoms with E-state index in [1.807, 2.05) is 6.92 Å². The van der Waals surface area contributed by atoms with E-state index in [9.17, 15) is 14.4 Å². The van der Waals surface area contributed by atoms with Crippen LogP contribution in [0.3, 0.4) is 0 Å². The number of carbonyl (C=O) groups excluding carboxylic acids is 3. The zero-order valence-electron chi connectivity index (χ0n) is 12.2. The van der Waals surface area contributed by atoms with Crippen LogP contribution in [-0.2, 0) is 9.59 Å². The van der Waals surface area contributed by atoms with Crippen LogP contribution in [0.5, 0.6) is 5.75 Å². The largest absolute Gasteiger partial charge is 0.505 e. The van der Waals surface area contributed by atoms with Crippen molar-refractivity contribution in [1.29, 1.82) is 0 Å². The molecule has 0 fully saturated rings. The molecule has 110 valence electrons. The summed E-state index contributed by atoms with van der Waals surface area (Å²) in [4.78, 5) is 37.1. The van der Waals surface area contributed by atoms with Crippen LogP contribution in [0.2, 0.25) is 0 Å². The lowest BCUT2D eigenvalue weighted by molar-refractivity contribution is -0.389. The lowest BCUT2D eigenvalue weighted by Gasteiger charge is -2.20. The minimum absolute atomic E-state index is 0.296. The number of amides is 3. The third kappa shape index (κ3) is 2.84. The molecule has 6 heteroatoms. The summed E-state index contributed by atoms with van der Waals surface area (Å²) in [5, 5.41) is 0. The Hall–Kier alpha value is -2.50. The average molecular weight is 289 g/mol. The van der Waals surface area contributed by atoms with E-state index in [-0.39, 0.29) is 5.78 Å². The molecule has 0 aromatic heterocycles. The smallest absolute Gasteiger partial charge is 0.494 e. The van der Waals surface area contributed by atoms with Crippen molar-refractivity contribution in [3.63, 3.8) is 0 Å². The molecule has 1 unspecified atom stereocenters. The molecule has 2 rings (SSSR count). The molecule has 1 aliphatic heterocycles. The van der Waals surface area contributed by atoms with Gasteiger partial charge in [0.05, 0.1) is 19.9 Å². The van der Waals surface area contributed by atoms with Crippen LogP contribution in [0.25, 0.3) is 0 Å². The fourth-order valence-electron chi connectivity index (χ4n) is 2.12. The molecule has 1 aromatic rings. The highest BCUT2D eigenvalue weighted by molar-refractivity contribution is 6.26. The summed E-state index contributed by atoms with van der Waals surface area (Å²) < 4.78 is 6.58. The lowest BCUT2D eigenvalue weighted by Crippen LogP contribution is -2.52. The number of hydrogen-bond donors (Lipinski definition) is 0. The van der Waals surface area contributed by atoms with Crippen molar-refractivity contribution in [3.8, 4) is 5.75 Å². The van der Waals surface area contributed by atoms with Crippen molar-refractivity contribution >= 4 is 29.6 Å². The number of rotatable bonds is 4. The fourth-order valence-corrected chi connectivity index (χ4v) is 2.12. The number of ether oxygens (including phenoxy) is 1. The normalized spacial score (nSPS) is 18.5. The molecule has 0 radical (unpaired) electrons. The molecule has 0 N–H and O–H groups in total. The van der Waals surface area contributed by atoms with Gasteiger partial charge in [0.25, 0.3) is 0 Å². The van der Waals surface area contributed by atoms with Crippen LogP contribution < -0.4 is 9.64 Å². The molecule has 6 nitrogen and oxygen atoms in total. The Morgan fingerprint density at radius 2 is 1.90 bits per heavy atom. The molecule has 21 heavy (non-hydrogen) atoms. The maximum atomic E-state index is 12.3. The van der Waals surface area contributed by atoms with Crippen molar-refractivity contribution in [3.05, 3.63) is 24.3 Å². The summed E-state index contributed by atoms with van der Waals surface area (Å²) >= 11 is 0. The SMILES string of the molecule is CCOc1ccc(N2C(=O)C(C(C)=O)C=[N+](C)C2=O)cc1. The summed E-state index contributed by atoms with van der Waals surface area (Å²) in [6.07, 6.45) is 1.35. The second kappa shape index (κ2) is 5.87. The Balaban J connectivity index is 2.37. The first-order chi connectivity index (χ1) is 9.95. The maximum absolute atomic E-state index is 12.3. The van der Waals surface area contributed by atoms with E-state index in [1.165, 1.54) is 24.8 Å². The topological polar surface area (TPSA) is 66.7 Å². The third-order valence-corrected chi connectivity index (χ3v) is 3.20. The first-order valence-electron chi connectivity index (χ1n) is 6.64. The number of nitrogens with zero attached hydrogens (tertiary/aromatic N) is 2. The molecule has 0 saturated heterocycles. The number of Topliss-reactive ketones (excluding diaryl/α,β-unsaturated/α-hetero) is 1. The van der Waals surface area contributed by atoms with Crippen molar-refractivity contribution < 1.29 is 23.7 Å². The number of ketones is 1. The zero-order chi connectivity index (χ0) is 15.6. The molecule has 1 heterocycles. The van der Waals surface area contributed by atoms with Crippen LogP contribution in [-0.4, -0.2) is 42.2 Å². The summed E-state index contributed by atoms with van der Waals surface area (Å²) in [7, 11) is 1.52. The van der Waals surface area contributed by atoms with E-state index in [2.05, 4.69) is 0 Å². The summed E-state index contributed by atoms with van der Waals surface area (Å²) in [6, 6.07) is 6.12. The number of urea groups is 1. The number of anilines is 1. The van der Waals surface area contributed by atoms with Gasteiger partial charge < -0.3 is 4.74 Å². The maximum Gasteiger partial charge on any atom is 0.505 e. The number of benzene rings is 1. The Kier molecular flexibility index (Phi) is 4.16. The summed E-state index contributed by atoms with van der Waals surface area (Å²) in [5.74, 6) is -1.11. The highest BCUT2D eigenvalue weighted by Gasteiger charge is 2.45.